The molecule has 0 unspecified atom stereocenters. The minimum absolute atomic E-state index is 0.0935. The average Bonchev–Trinajstić information content (AvgIpc) is 2.70. The predicted molar refractivity (Wildman–Crippen MR) is 105 cm³/mol. The van der Waals surface area contributed by atoms with E-state index in [-0.39, 0.29) is 16.9 Å². The summed E-state index contributed by atoms with van der Waals surface area (Å²) in [5.41, 5.74) is 0.205. The summed E-state index contributed by atoms with van der Waals surface area (Å²) in [6, 6.07) is 11.2. The molecule has 29 heavy (non-hydrogen) atoms. The van der Waals surface area contributed by atoms with Crippen molar-refractivity contribution in [3.05, 3.63) is 59.2 Å². The predicted octanol–water partition coefficient (Wildman–Crippen LogP) is 2.76. The van der Waals surface area contributed by atoms with E-state index in [0.717, 1.165) is 0 Å². The van der Waals surface area contributed by atoms with Gasteiger partial charge in [-0.05, 0) is 45.0 Å². The molecule has 1 amide bonds. The molecule has 152 valence electrons. The largest absolute Gasteiger partial charge is 0.486 e. The molecule has 0 atom stereocenters. The number of hydrogen-bond acceptors (Lipinski definition) is 6. The van der Waals surface area contributed by atoms with Crippen LogP contribution in [-0.2, 0) is 9.53 Å². The molecule has 0 aliphatic carbocycles. The van der Waals surface area contributed by atoms with Crippen molar-refractivity contribution in [2.45, 2.75) is 26.3 Å². The van der Waals surface area contributed by atoms with Crippen LogP contribution in [0.5, 0.6) is 11.5 Å². The second-order valence-corrected chi connectivity index (χ2v) is 7.61. The molecule has 7 heteroatoms. The highest BCUT2D eigenvalue weighted by Gasteiger charge is 2.22. The van der Waals surface area contributed by atoms with Crippen LogP contribution in [0.3, 0.4) is 0 Å². The first kappa shape index (κ1) is 20.4. The maximum Gasteiger partial charge on any atom is 0.339 e. The zero-order chi connectivity index (χ0) is 21.0. The molecule has 0 bridgehead atoms. The van der Waals surface area contributed by atoms with Crippen molar-refractivity contribution >= 4 is 17.7 Å². The minimum atomic E-state index is -0.740. The van der Waals surface area contributed by atoms with E-state index in [1.165, 1.54) is 6.07 Å². The van der Waals surface area contributed by atoms with Gasteiger partial charge in [0.05, 0.1) is 5.56 Å². The van der Waals surface area contributed by atoms with Crippen molar-refractivity contribution in [3.8, 4) is 11.5 Å². The Hall–Kier alpha value is -3.35. The zero-order valence-electron chi connectivity index (χ0n) is 16.6. The second-order valence-electron chi connectivity index (χ2n) is 7.61. The van der Waals surface area contributed by atoms with Gasteiger partial charge in [-0.15, -0.1) is 0 Å². The van der Waals surface area contributed by atoms with Crippen molar-refractivity contribution in [2.24, 2.45) is 0 Å². The molecular weight excluding hydrogens is 374 g/mol. The third kappa shape index (κ3) is 5.13. The van der Waals surface area contributed by atoms with Crippen LogP contribution in [0.2, 0.25) is 0 Å². The van der Waals surface area contributed by atoms with Gasteiger partial charge in [0, 0.05) is 16.7 Å². The van der Waals surface area contributed by atoms with Gasteiger partial charge in [-0.1, -0.05) is 18.2 Å². The number of carbonyl (C=O) groups is 3. The molecule has 0 aromatic heterocycles. The highest BCUT2D eigenvalue weighted by molar-refractivity contribution is 6.14. The fourth-order valence-electron chi connectivity index (χ4n) is 2.86. The molecule has 0 radical (unpaired) electrons. The number of benzene rings is 2. The lowest BCUT2D eigenvalue weighted by Crippen LogP contribution is -2.42. The van der Waals surface area contributed by atoms with Gasteiger partial charge >= 0.3 is 5.97 Å². The van der Waals surface area contributed by atoms with Crippen LogP contribution in [0.4, 0.5) is 0 Å². The van der Waals surface area contributed by atoms with Crippen LogP contribution in [0, 0.1) is 0 Å². The SMILES string of the molecule is CC(C)(C)NC(=O)COC(=O)c1ccccc1C(=O)c1ccc2c(c1)OCCO2. The van der Waals surface area contributed by atoms with Gasteiger partial charge in [-0.3, -0.25) is 9.59 Å². The molecule has 2 aromatic carbocycles. The molecule has 0 saturated carbocycles. The van der Waals surface area contributed by atoms with Crippen LogP contribution >= 0.6 is 0 Å². The van der Waals surface area contributed by atoms with Crippen LogP contribution in [0.15, 0.2) is 42.5 Å². The first-order valence-electron chi connectivity index (χ1n) is 9.26. The van der Waals surface area contributed by atoms with E-state index in [9.17, 15) is 14.4 Å². The van der Waals surface area contributed by atoms with Crippen molar-refractivity contribution < 1.29 is 28.6 Å². The van der Waals surface area contributed by atoms with E-state index < -0.39 is 24.0 Å². The van der Waals surface area contributed by atoms with E-state index in [2.05, 4.69) is 5.32 Å². The lowest BCUT2D eigenvalue weighted by molar-refractivity contribution is -0.125. The first-order valence-corrected chi connectivity index (χ1v) is 9.26. The summed E-state index contributed by atoms with van der Waals surface area (Å²) in [5, 5.41) is 2.71. The van der Waals surface area contributed by atoms with Crippen LogP contribution in [0.25, 0.3) is 0 Å². The summed E-state index contributed by atoms with van der Waals surface area (Å²) in [4.78, 5) is 37.4. The fourth-order valence-corrected chi connectivity index (χ4v) is 2.86. The third-order valence-electron chi connectivity index (χ3n) is 4.04. The number of hydrogen-bond donors (Lipinski definition) is 1. The lowest BCUT2D eigenvalue weighted by atomic mass is 9.98. The quantitative estimate of drug-likeness (QED) is 0.616. The van der Waals surface area contributed by atoms with Gasteiger partial charge < -0.3 is 19.5 Å². The van der Waals surface area contributed by atoms with Gasteiger partial charge in [0.25, 0.3) is 5.91 Å². The molecule has 1 aliphatic heterocycles. The molecule has 7 nitrogen and oxygen atoms in total. The second kappa shape index (κ2) is 8.34. The Kier molecular flexibility index (Phi) is 5.87. The third-order valence-corrected chi connectivity index (χ3v) is 4.04. The topological polar surface area (TPSA) is 90.9 Å². The maximum atomic E-state index is 13.0. The Morgan fingerprint density at radius 3 is 2.31 bits per heavy atom. The summed E-state index contributed by atoms with van der Waals surface area (Å²) in [5.74, 6) is -0.447. The normalized spacial score (nSPS) is 12.8. The van der Waals surface area contributed by atoms with Crippen LogP contribution in [0.1, 0.15) is 47.1 Å². The lowest BCUT2D eigenvalue weighted by Gasteiger charge is -2.20. The van der Waals surface area contributed by atoms with Gasteiger partial charge in [-0.2, -0.15) is 0 Å². The minimum Gasteiger partial charge on any atom is -0.486 e. The van der Waals surface area contributed by atoms with Crippen molar-refractivity contribution in [1.82, 2.24) is 5.32 Å². The summed E-state index contributed by atoms with van der Waals surface area (Å²) in [6.45, 7) is 5.92. The Morgan fingerprint density at radius 1 is 0.966 bits per heavy atom. The molecule has 0 saturated heterocycles. The summed E-state index contributed by atoms with van der Waals surface area (Å²) < 4.78 is 16.1. The van der Waals surface area contributed by atoms with E-state index in [1.807, 2.05) is 20.8 Å². The molecule has 0 spiro atoms. The van der Waals surface area contributed by atoms with Gasteiger partial charge in [-0.25, -0.2) is 4.79 Å². The van der Waals surface area contributed by atoms with E-state index >= 15 is 0 Å². The molecular formula is C22H23NO6. The van der Waals surface area contributed by atoms with Crippen LogP contribution in [-0.4, -0.2) is 43.0 Å². The number of ether oxygens (including phenoxy) is 3. The Bertz CT molecular complexity index is 945. The van der Waals surface area contributed by atoms with E-state index in [0.29, 0.717) is 30.3 Å². The smallest absolute Gasteiger partial charge is 0.339 e. The zero-order valence-corrected chi connectivity index (χ0v) is 16.6. The molecule has 0 fully saturated rings. The summed E-state index contributed by atoms with van der Waals surface area (Å²) in [6.07, 6.45) is 0. The van der Waals surface area contributed by atoms with Crippen molar-refractivity contribution in [3.63, 3.8) is 0 Å². The highest BCUT2D eigenvalue weighted by Crippen LogP contribution is 2.31. The van der Waals surface area contributed by atoms with Gasteiger partial charge in [0.2, 0.25) is 0 Å². The van der Waals surface area contributed by atoms with E-state index in [1.54, 1.807) is 36.4 Å². The number of carbonyl (C=O) groups excluding carboxylic acids is 3. The average molecular weight is 397 g/mol. The Balaban J connectivity index is 1.77. The maximum absolute atomic E-state index is 13.0. The molecule has 1 heterocycles. The number of esters is 1. The number of ketones is 1. The highest BCUT2D eigenvalue weighted by atomic mass is 16.6. The molecule has 3 rings (SSSR count). The Morgan fingerprint density at radius 2 is 1.62 bits per heavy atom. The first-order chi connectivity index (χ1) is 13.7. The molecule has 2 aromatic rings. The number of nitrogens with one attached hydrogen (secondary N) is 1. The van der Waals surface area contributed by atoms with Crippen LogP contribution < -0.4 is 14.8 Å². The molecule has 1 aliphatic rings. The monoisotopic (exact) mass is 397 g/mol. The number of fused-ring (bicyclic) bond motifs is 1. The number of amides is 1. The van der Waals surface area contributed by atoms with E-state index in [4.69, 9.17) is 14.2 Å². The molecule has 1 N–H and O–H groups in total. The standard InChI is InChI=1S/C22H23NO6/c1-22(2,3)23-19(24)13-29-21(26)16-7-5-4-6-15(16)20(25)14-8-9-17-18(12-14)28-11-10-27-17/h4-9,12H,10-11,13H2,1-3H3,(H,23,24). The van der Waals surface area contributed by atoms with Gasteiger partial charge in [0.15, 0.2) is 23.9 Å². The van der Waals surface area contributed by atoms with Crippen molar-refractivity contribution in [2.75, 3.05) is 19.8 Å². The summed E-state index contributed by atoms with van der Waals surface area (Å²) in [7, 11) is 0. The summed E-state index contributed by atoms with van der Waals surface area (Å²) >= 11 is 0. The number of rotatable bonds is 5. The Labute approximate surface area is 169 Å². The van der Waals surface area contributed by atoms with Gasteiger partial charge in [0.1, 0.15) is 13.2 Å². The fraction of sp³-hybridized carbons (Fsp3) is 0.318. The van der Waals surface area contributed by atoms with Crippen molar-refractivity contribution in [1.29, 1.82) is 0 Å².